The summed E-state index contributed by atoms with van der Waals surface area (Å²) >= 11 is 0. The summed E-state index contributed by atoms with van der Waals surface area (Å²) in [5.41, 5.74) is 3.82. The Bertz CT molecular complexity index is 604. The number of benzene rings is 1. The van der Waals surface area contributed by atoms with Gasteiger partial charge in [-0.1, -0.05) is 13.8 Å². The Kier molecular flexibility index (Phi) is 4.86. The minimum atomic E-state index is 0.102. The van der Waals surface area contributed by atoms with Crippen LogP contribution < -0.4 is 10.2 Å². The lowest BCUT2D eigenvalue weighted by Crippen LogP contribution is -2.40. The number of hydrogen-bond acceptors (Lipinski definition) is 3. The van der Waals surface area contributed by atoms with Crippen LogP contribution in [0.4, 0.5) is 11.4 Å². The molecule has 0 saturated carbocycles. The summed E-state index contributed by atoms with van der Waals surface area (Å²) in [6.07, 6.45) is 2.69. The molecule has 1 fully saturated rings. The van der Waals surface area contributed by atoms with Gasteiger partial charge in [-0.05, 0) is 56.4 Å². The van der Waals surface area contributed by atoms with Crippen molar-refractivity contribution >= 4 is 17.3 Å². The van der Waals surface area contributed by atoms with Gasteiger partial charge in [0.15, 0.2) is 0 Å². The molecule has 132 valence electrons. The number of rotatable bonds is 4. The lowest BCUT2D eigenvalue weighted by atomic mass is 9.75. The molecular weight excluding hydrogens is 300 g/mol. The average molecular weight is 330 g/mol. The first kappa shape index (κ1) is 17.3. The van der Waals surface area contributed by atoms with E-state index in [1.54, 1.807) is 0 Å². The van der Waals surface area contributed by atoms with Gasteiger partial charge in [0.05, 0.1) is 0 Å². The molecule has 2 aliphatic heterocycles. The Morgan fingerprint density at radius 2 is 1.96 bits per heavy atom. The summed E-state index contributed by atoms with van der Waals surface area (Å²) in [6.45, 7) is 11.4. The zero-order valence-corrected chi connectivity index (χ0v) is 15.4. The van der Waals surface area contributed by atoms with E-state index in [9.17, 15) is 4.79 Å². The van der Waals surface area contributed by atoms with E-state index in [1.165, 1.54) is 11.3 Å². The van der Waals surface area contributed by atoms with Crippen LogP contribution in [-0.4, -0.2) is 31.7 Å². The zero-order valence-electron chi connectivity index (χ0n) is 15.4. The smallest absolute Gasteiger partial charge is 0.224 e. The average Bonchev–Trinajstić information content (AvgIpc) is 2.82. The van der Waals surface area contributed by atoms with Gasteiger partial charge in [0.1, 0.15) is 0 Å². The maximum absolute atomic E-state index is 12.1. The number of carbonyl (C=O) groups is 1. The van der Waals surface area contributed by atoms with Crippen molar-refractivity contribution in [1.82, 2.24) is 0 Å². The van der Waals surface area contributed by atoms with Gasteiger partial charge in [-0.3, -0.25) is 4.79 Å². The third-order valence-corrected chi connectivity index (χ3v) is 5.30. The van der Waals surface area contributed by atoms with E-state index >= 15 is 0 Å². The molecule has 0 atom stereocenters. The molecule has 2 heterocycles. The Morgan fingerprint density at radius 3 is 2.58 bits per heavy atom. The standard InChI is InChI=1S/C20H30N2O2/c1-14(2)11-19(23)21-16-5-6-18-17(12-16)20(7-9-24-10-8-20)13-22(18)15(3)4/h5-6,12,14-15H,7-11,13H2,1-4H3,(H,21,23). The highest BCUT2D eigenvalue weighted by Crippen LogP contribution is 2.48. The van der Waals surface area contributed by atoms with Gasteiger partial charge in [-0.25, -0.2) is 0 Å². The summed E-state index contributed by atoms with van der Waals surface area (Å²) in [5.74, 6) is 0.474. The number of fused-ring (bicyclic) bond motifs is 2. The molecule has 2 aliphatic rings. The minimum Gasteiger partial charge on any atom is -0.381 e. The van der Waals surface area contributed by atoms with Crippen molar-refractivity contribution in [2.45, 2.75) is 58.4 Å². The highest BCUT2D eigenvalue weighted by Gasteiger charge is 2.44. The first-order valence-corrected chi connectivity index (χ1v) is 9.20. The first-order valence-electron chi connectivity index (χ1n) is 9.20. The molecule has 1 aromatic rings. The van der Waals surface area contributed by atoms with Gasteiger partial charge in [0.25, 0.3) is 0 Å². The predicted molar refractivity (Wildman–Crippen MR) is 98.7 cm³/mol. The Labute approximate surface area is 145 Å². The molecule has 4 nitrogen and oxygen atoms in total. The van der Waals surface area contributed by atoms with Crippen LogP contribution >= 0.6 is 0 Å². The van der Waals surface area contributed by atoms with Crippen molar-refractivity contribution in [1.29, 1.82) is 0 Å². The Balaban J connectivity index is 1.90. The quantitative estimate of drug-likeness (QED) is 0.909. The van der Waals surface area contributed by atoms with E-state index in [4.69, 9.17) is 4.74 Å². The van der Waals surface area contributed by atoms with Crippen LogP contribution in [0.15, 0.2) is 18.2 Å². The largest absolute Gasteiger partial charge is 0.381 e. The molecule has 3 rings (SSSR count). The second-order valence-corrected chi connectivity index (χ2v) is 7.99. The van der Waals surface area contributed by atoms with E-state index in [0.29, 0.717) is 18.4 Å². The molecule has 0 unspecified atom stereocenters. The lowest BCUT2D eigenvalue weighted by Gasteiger charge is -2.35. The predicted octanol–water partition coefficient (Wildman–Crippen LogP) is 3.95. The number of anilines is 2. The van der Waals surface area contributed by atoms with Crippen LogP contribution in [0.2, 0.25) is 0 Å². The van der Waals surface area contributed by atoms with Gasteiger partial charge >= 0.3 is 0 Å². The molecule has 4 heteroatoms. The second kappa shape index (κ2) is 6.75. The van der Waals surface area contributed by atoms with Crippen molar-refractivity contribution in [3.8, 4) is 0 Å². The summed E-state index contributed by atoms with van der Waals surface area (Å²) < 4.78 is 5.62. The first-order chi connectivity index (χ1) is 11.4. The molecule has 1 amide bonds. The maximum atomic E-state index is 12.1. The monoisotopic (exact) mass is 330 g/mol. The van der Waals surface area contributed by atoms with Crippen molar-refractivity contribution in [2.75, 3.05) is 30.0 Å². The van der Waals surface area contributed by atoms with Crippen molar-refractivity contribution in [2.24, 2.45) is 5.92 Å². The fraction of sp³-hybridized carbons (Fsp3) is 0.650. The van der Waals surface area contributed by atoms with Crippen LogP contribution in [0.1, 0.15) is 52.5 Å². The van der Waals surface area contributed by atoms with Crippen molar-refractivity contribution in [3.05, 3.63) is 23.8 Å². The van der Waals surface area contributed by atoms with Gasteiger partial charge in [0.2, 0.25) is 5.91 Å². The third kappa shape index (κ3) is 3.30. The normalized spacial score (nSPS) is 19.2. The molecule has 0 aromatic heterocycles. The van der Waals surface area contributed by atoms with Gasteiger partial charge in [-0.2, -0.15) is 0 Å². The molecule has 1 N–H and O–H groups in total. The van der Waals surface area contributed by atoms with Crippen molar-refractivity contribution < 1.29 is 9.53 Å². The second-order valence-electron chi connectivity index (χ2n) is 7.99. The van der Waals surface area contributed by atoms with E-state index < -0.39 is 0 Å². The number of hydrogen-bond donors (Lipinski definition) is 1. The van der Waals surface area contributed by atoms with Gasteiger partial charge < -0.3 is 15.0 Å². The van der Waals surface area contributed by atoms with E-state index in [2.05, 4.69) is 50.0 Å². The SMILES string of the molecule is CC(C)CC(=O)Nc1ccc2c(c1)C1(CCOCC1)CN2C(C)C. The van der Waals surface area contributed by atoms with Crippen LogP contribution in [0.3, 0.4) is 0 Å². The third-order valence-electron chi connectivity index (χ3n) is 5.30. The number of ether oxygens (including phenoxy) is 1. The van der Waals surface area contributed by atoms with Crippen LogP contribution in [-0.2, 0) is 14.9 Å². The van der Waals surface area contributed by atoms with E-state index in [-0.39, 0.29) is 11.3 Å². The summed E-state index contributed by atoms with van der Waals surface area (Å²) in [5, 5.41) is 3.08. The maximum Gasteiger partial charge on any atom is 0.224 e. The summed E-state index contributed by atoms with van der Waals surface area (Å²) in [4.78, 5) is 14.6. The summed E-state index contributed by atoms with van der Waals surface area (Å²) in [6, 6.07) is 6.92. The highest BCUT2D eigenvalue weighted by atomic mass is 16.5. The van der Waals surface area contributed by atoms with Gasteiger partial charge in [0, 0.05) is 49.0 Å². The van der Waals surface area contributed by atoms with E-state index in [0.717, 1.165) is 38.3 Å². The molecule has 1 saturated heterocycles. The van der Waals surface area contributed by atoms with Crippen LogP contribution in [0.25, 0.3) is 0 Å². The zero-order chi connectivity index (χ0) is 17.3. The Morgan fingerprint density at radius 1 is 1.25 bits per heavy atom. The summed E-state index contributed by atoms with van der Waals surface area (Å²) in [7, 11) is 0. The molecule has 24 heavy (non-hydrogen) atoms. The number of nitrogens with one attached hydrogen (secondary N) is 1. The fourth-order valence-corrected chi connectivity index (χ4v) is 4.02. The molecule has 1 spiro atoms. The topological polar surface area (TPSA) is 41.6 Å². The van der Waals surface area contributed by atoms with Crippen molar-refractivity contribution in [3.63, 3.8) is 0 Å². The number of nitrogens with zero attached hydrogens (tertiary/aromatic N) is 1. The molecular formula is C20H30N2O2. The Hall–Kier alpha value is -1.55. The minimum absolute atomic E-state index is 0.102. The fourth-order valence-electron chi connectivity index (χ4n) is 4.02. The van der Waals surface area contributed by atoms with Crippen LogP contribution in [0, 0.1) is 5.92 Å². The van der Waals surface area contributed by atoms with Gasteiger partial charge in [-0.15, -0.1) is 0 Å². The van der Waals surface area contributed by atoms with Crippen LogP contribution in [0.5, 0.6) is 0 Å². The molecule has 1 aromatic carbocycles. The van der Waals surface area contributed by atoms with E-state index in [1.807, 2.05) is 6.07 Å². The molecule has 0 bridgehead atoms. The lowest BCUT2D eigenvalue weighted by molar-refractivity contribution is -0.116. The number of carbonyl (C=O) groups excluding carboxylic acids is 1. The molecule has 0 radical (unpaired) electrons. The highest BCUT2D eigenvalue weighted by molar-refractivity contribution is 5.91. The molecule has 0 aliphatic carbocycles. The number of amides is 1.